The summed E-state index contributed by atoms with van der Waals surface area (Å²) in [5.74, 6) is -1.23. The van der Waals surface area contributed by atoms with Crippen LogP contribution in [-0.4, -0.2) is 67.2 Å². The lowest BCUT2D eigenvalue weighted by Crippen LogP contribution is -2.31. The van der Waals surface area contributed by atoms with E-state index in [1.54, 1.807) is 18.2 Å². The van der Waals surface area contributed by atoms with Crippen molar-refractivity contribution in [2.75, 3.05) is 43.7 Å². The standard InChI is InChI=1S/C24H29N3O7/c1-14(2)25-24(32)34-12-21-19-9-15(26-22(30)11-29)3-5-17(19)18-6-4-16(10-20(18)21)27-23(31)13-33-8-7-28/h3-6,9-10,14,21,28-29H,7-8,11-13H2,1-2H3,(H,25,32)(H,26,30)(H,27,31). The third-order valence-electron chi connectivity index (χ3n) is 5.11. The highest BCUT2D eigenvalue weighted by atomic mass is 16.5. The third-order valence-corrected chi connectivity index (χ3v) is 5.11. The number of alkyl carbamates (subject to hydrolysis) is 1. The maximum Gasteiger partial charge on any atom is 0.407 e. The minimum absolute atomic E-state index is 0.0486. The number of anilines is 2. The molecule has 2 aromatic carbocycles. The zero-order chi connectivity index (χ0) is 24.7. The first-order chi connectivity index (χ1) is 16.3. The molecule has 1 unspecified atom stereocenters. The van der Waals surface area contributed by atoms with Gasteiger partial charge in [0.15, 0.2) is 0 Å². The summed E-state index contributed by atoms with van der Waals surface area (Å²) in [7, 11) is 0. The van der Waals surface area contributed by atoms with Crippen molar-refractivity contribution in [2.24, 2.45) is 0 Å². The fraction of sp³-hybridized carbons (Fsp3) is 0.375. The van der Waals surface area contributed by atoms with Gasteiger partial charge in [0.1, 0.15) is 19.8 Å². The summed E-state index contributed by atoms with van der Waals surface area (Å²) in [6.45, 7) is 2.79. The van der Waals surface area contributed by atoms with Crippen LogP contribution >= 0.6 is 0 Å². The molecule has 5 N–H and O–H groups in total. The first-order valence-corrected chi connectivity index (χ1v) is 10.9. The highest BCUT2D eigenvalue weighted by Crippen LogP contribution is 2.46. The van der Waals surface area contributed by atoms with Gasteiger partial charge in [-0.1, -0.05) is 12.1 Å². The Morgan fingerprint density at radius 1 is 0.941 bits per heavy atom. The molecule has 1 atom stereocenters. The lowest BCUT2D eigenvalue weighted by molar-refractivity contribution is -0.121. The molecule has 1 aliphatic carbocycles. The minimum Gasteiger partial charge on any atom is -0.449 e. The number of ether oxygens (including phenoxy) is 2. The van der Waals surface area contributed by atoms with Crippen LogP contribution in [0.5, 0.6) is 0 Å². The van der Waals surface area contributed by atoms with Crippen LogP contribution in [0.25, 0.3) is 11.1 Å². The van der Waals surface area contributed by atoms with Gasteiger partial charge in [-0.25, -0.2) is 4.79 Å². The largest absolute Gasteiger partial charge is 0.449 e. The fourth-order valence-electron chi connectivity index (χ4n) is 3.76. The van der Waals surface area contributed by atoms with Crippen molar-refractivity contribution in [3.63, 3.8) is 0 Å². The van der Waals surface area contributed by atoms with E-state index in [1.165, 1.54) is 0 Å². The predicted molar refractivity (Wildman–Crippen MR) is 126 cm³/mol. The van der Waals surface area contributed by atoms with Gasteiger partial charge >= 0.3 is 6.09 Å². The number of hydrogen-bond acceptors (Lipinski definition) is 7. The molecule has 0 aromatic heterocycles. The van der Waals surface area contributed by atoms with Crippen molar-refractivity contribution >= 4 is 29.3 Å². The second-order valence-electron chi connectivity index (χ2n) is 8.08. The van der Waals surface area contributed by atoms with Crippen molar-refractivity contribution in [1.82, 2.24) is 5.32 Å². The van der Waals surface area contributed by atoms with E-state index in [0.29, 0.717) is 11.4 Å². The summed E-state index contributed by atoms with van der Waals surface area (Å²) in [6, 6.07) is 10.8. The summed E-state index contributed by atoms with van der Waals surface area (Å²) in [5.41, 5.74) is 4.60. The SMILES string of the molecule is CC(C)NC(=O)OCC1c2cc(NC(=O)CO)ccc2-c2ccc(NC(=O)COCCO)cc21. The van der Waals surface area contributed by atoms with Gasteiger partial charge in [0.05, 0.1) is 13.2 Å². The number of hydrogen-bond donors (Lipinski definition) is 5. The topological polar surface area (TPSA) is 146 Å². The van der Waals surface area contributed by atoms with E-state index in [2.05, 4.69) is 16.0 Å². The van der Waals surface area contributed by atoms with Crippen molar-refractivity contribution in [1.29, 1.82) is 0 Å². The number of amides is 3. The molecule has 0 aliphatic heterocycles. The summed E-state index contributed by atoms with van der Waals surface area (Å²) >= 11 is 0. The first-order valence-electron chi connectivity index (χ1n) is 10.9. The van der Waals surface area contributed by atoms with Crippen LogP contribution in [0.1, 0.15) is 30.9 Å². The highest BCUT2D eigenvalue weighted by molar-refractivity contribution is 5.94. The number of rotatable bonds is 10. The molecule has 2 aromatic rings. The molecule has 1 aliphatic rings. The number of carbonyl (C=O) groups excluding carboxylic acids is 3. The van der Waals surface area contributed by atoms with E-state index in [-0.39, 0.29) is 44.3 Å². The van der Waals surface area contributed by atoms with Gasteiger partial charge in [-0.2, -0.15) is 0 Å². The Bertz CT molecular complexity index is 1050. The number of carbonyl (C=O) groups is 3. The second-order valence-corrected chi connectivity index (χ2v) is 8.08. The zero-order valence-electron chi connectivity index (χ0n) is 19.1. The van der Waals surface area contributed by atoms with Gasteiger partial charge in [-0.05, 0) is 60.4 Å². The van der Waals surface area contributed by atoms with Gasteiger partial charge in [0.25, 0.3) is 0 Å². The third kappa shape index (κ3) is 6.31. The van der Waals surface area contributed by atoms with Crippen LogP contribution in [0.15, 0.2) is 36.4 Å². The summed E-state index contributed by atoms with van der Waals surface area (Å²) in [5, 5.41) is 25.9. The zero-order valence-corrected chi connectivity index (χ0v) is 19.1. The van der Waals surface area contributed by atoms with E-state index >= 15 is 0 Å². The number of benzene rings is 2. The van der Waals surface area contributed by atoms with Gasteiger partial charge in [-0.15, -0.1) is 0 Å². The molecular weight excluding hydrogens is 442 g/mol. The Morgan fingerprint density at radius 3 is 2.06 bits per heavy atom. The number of aliphatic hydroxyl groups excluding tert-OH is 2. The lowest BCUT2D eigenvalue weighted by Gasteiger charge is -2.17. The van der Waals surface area contributed by atoms with E-state index in [4.69, 9.17) is 19.7 Å². The van der Waals surface area contributed by atoms with Gasteiger partial charge < -0.3 is 35.6 Å². The molecule has 182 valence electrons. The van der Waals surface area contributed by atoms with Gasteiger partial charge in [0, 0.05) is 23.3 Å². The van der Waals surface area contributed by atoms with Crippen molar-refractivity contribution in [2.45, 2.75) is 25.8 Å². The molecular formula is C24H29N3O7. The molecule has 0 bridgehead atoms. The summed E-state index contributed by atoms with van der Waals surface area (Å²) in [4.78, 5) is 35.9. The quantitative estimate of drug-likeness (QED) is 0.332. The molecule has 0 heterocycles. The molecule has 3 rings (SSSR count). The molecule has 0 radical (unpaired) electrons. The summed E-state index contributed by atoms with van der Waals surface area (Å²) < 4.78 is 10.5. The molecule has 0 fully saturated rings. The van der Waals surface area contributed by atoms with Crippen LogP contribution in [-0.2, 0) is 19.1 Å². The Balaban J connectivity index is 1.87. The highest BCUT2D eigenvalue weighted by Gasteiger charge is 2.31. The van der Waals surface area contributed by atoms with E-state index in [9.17, 15) is 14.4 Å². The van der Waals surface area contributed by atoms with Crippen LogP contribution in [0.3, 0.4) is 0 Å². The average molecular weight is 472 g/mol. The van der Waals surface area contributed by atoms with Crippen LogP contribution in [0.2, 0.25) is 0 Å². The van der Waals surface area contributed by atoms with Gasteiger partial charge in [0.2, 0.25) is 11.8 Å². The van der Waals surface area contributed by atoms with Crippen LogP contribution < -0.4 is 16.0 Å². The van der Waals surface area contributed by atoms with Crippen LogP contribution in [0, 0.1) is 0 Å². The number of aliphatic hydroxyl groups is 2. The minimum atomic E-state index is -0.635. The maximum atomic E-state index is 12.1. The molecule has 0 spiro atoms. The fourth-order valence-corrected chi connectivity index (χ4v) is 3.76. The average Bonchev–Trinajstić information content (AvgIpc) is 3.09. The molecule has 0 saturated carbocycles. The van der Waals surface area contributed by atoms with E-state index < -0.39 is 18.6 Å². The maximum absolute atomic E-state index is 12.1. The predicted octanol–water partition coefficient (Wildman–Crippen LogP) is 1.81. The monoisotopic (exact) mass is 471 g/mol. The van der Waals surface area contributed by atoms with Crippen molar-refractivity contribution < 1.29 is 34.1 Å². The first kappa shape index (κ1) is 25.2. The Hall–Kier alpha value is -3.47. The molecule has 10 heteroatoms. The molecule has 0 saturated heterocycles. The summed E-state index contributed by atoms with van der Waals surface area (Å²) in [6.07, 6.45) is -0.541. The van der Waals surface area contributed by atoms with Crippen molar-refractivity contribution in [3.8, 4) is 11.1 Å². The van der Waals surface area contributed by atoms with Crippen molar-refractivity contribution in [3.05, 3.63) is 47.5 Å². The van der Waals surface area contributed by atoms with E-state index in [1.807, 2.05) is 32.0 Å². The van der Waals surface area contributed by atoms with Gasteiger partial charge in [-0.3, -0.25) is 9.59 Å². The Morgan fingerprint density at radius 2 is 1.53 bits per heavy atom. The van der Waals surface area contributed by atoms with E-state index in [0.717, 1.165) is 22.3 Å². The number of nitrogens with one attached hydrogen (secondary N) is 3. The Labute approximate surface area is 197 Å². The Kier molecular flexibility index (Phi) is 8.58. The second kappa shape index (κ2) is 11.6. The molecule has 3 amide bonds. The smallest absolute Gasteiger partial charge is 0.407 e. The number of fused-ring (bicyclic) bond motifs is 3. The lowest BCUT2D eigenvalue weighted by atomic mass is 9.97. The van der Waals surface area contributed by atoms with Crippen LogP contribution in [0.4, 0.5) is 16.2 Å². The normalized spacial score (nSPS) is 13.7. The molecule has 10 nitrogen and oxygen atoms in total. The molecule has 34 heavy (non-hydrogen) atoms.